The van der Waals surface area contributed by atoms with Gasteiger partial charge in [-0.2, -0.15) is 0 Å². The molecule has 5 rings (SSSR count). The lowest BCUT2D eigenvalue weighted by Crippen LogP contribution is -1.95. The topological polar surface area (TPSA) is 26.0 Å². The van der Waals surface area contributed by atoms with E-state index in [9.17, 15) is 0 Å². The van der Waals surface area contributed by atoms with Crippen LogP contribution in [0.15, 0.2) is 75.7 Å². The minimum absolute atomic E-state index is 0.566. The standard InChI is InChI=1S/C23H15Br2N/c24-20-10-6-15-5-7-18-21(25)11-19(14-3-1-13(12-26)2-4-14)16-8-9-17(20)22(15)23(16)18/h1-11H,12,26H2. The molecular weight excluding hydrogens is 450 g/mol. The van der Waals surface area contributed by atoms with Crippen LogP contribution in [0.1, 0.15) is 5.56 Å². The van der Waals surface area contributed by atoms with E-state index < -0.39 is 0 Å². The molecule has 0 atom stereocenters. The van der Waals surface area contributed by atoms with Crippen molar-refractivity contribution in [3.63, 3.8) is 0 Å². The average molecular weight is 465 g/mol. The van der Waals surface area contributed by atoms with Crippen molar-refractivity contribution in [2.75, 3.05) is 0 Å². The molecule has 0 amide bonds. The minimum atomic E-state index is 0.566. The summed E-state index contributed by atoms with van der Waals surface area (Å²) in [5, 5.41) is 7.68. The van der Waals surface area contributed by atoms with Gasteiger partial charge in [-0.1, -0.05) is 86.5 Å². The van der Waals surface area contributed by atoms with Crippen molar-refractivity contribution in [1.82, 2.24) is 0 Å². The van der Waals surface area contributed by atoms with Gasteiger partial charge in [0.05, 0.1) is 0 Å². The summed E-state index contributed by atoms with van der Waals surface area (Å²) in [4.78, 5) is 0. The lowest BCUT2D eigenvalue weighted by molar-refractivity contribution is 1.07. The second-order valence-electron chi connectivity index (χ2n) is 6.60. The van der Waals surface area contributed by atoms with Gasteiger partial charge in [-0.05, 0) is 61.1 Å². The lowest BCUT2D eigenvalue weighted by atomic mass is 9.90. The third-order valence-electron chi connectivity index (χ3n) is 5.18. The zero-order valence-electron chi connectivity index (χ0n) is 13.9. The van der Waals surface area contributed by atoms with Gasteiger partial charge in [-0.3, -0.25) is 0 Å². The van der Waals surface area contributed by atoms with Gasteiger partial charge in [0, 0.05) is 15.5 Å². The fourth-order valence-electron chi connectivity index (χ4n) is 3.88. The molecule has 126 valence electrons. The predicted molar refractivity (Wildman–Crippen MR) is 119 cm³/mol. The molecule has 3 heteroatoms. The molecule has 0 fully saturated rings. The van der Waals surface area contributed by atoms with Gasteiger partial charge in [-0.15, -0.1) is 0 Å². The van der Waals surface area contributed by atoms with E-state index in [0.29, 0.717) is 6.54 Å². The molecule has 0 aliphatic rings. The fourth-order valence-corrected chi connectivity index (χ4v) is 4.90. The molecule has 0 radical (unpaired) electrons. The van der Waals surface area contributed by atoms with Gasteiger partial charge < -0.3 is 5.73 Å². The SMILES string of the molecule is NCc1ccc(-c2cc(Br)c3ccc4ccc(Br)c5ccc2c3c45)cc1. The van der Waals surface area contributed by atoms with Crippen LogP contribution in [0.4, 0.5) is 0 Å². The molecule has 0 aliphatic heterocycles. The van der Waals surface area contributed by atoms with Gasteiger partial charge in [0.25, 0.3) is 0 Å². The Morgan fingerprint density at radius 2 is 1.31 bits per heavy atom. The summed E-state index contributed by atoms with van der Waals surface area (Å²) < 4.78 is 2.26. The van der Waals surface area contributed by atoms with Crippen LogP contribution in [0.5, 0.6) is 0 Å². The molecule has 26 heavy (non-hydrogen) atoms. The molecule has 2 N–H and O–H groups in total. The lowest BCUT2D eigenvalue weighted by Gasteiger charge is -2.16. The summed E-state index contributed by atoms with van der Waals surface area (Å²) in [6, 6.07) is 24.0. The highest BCUT2D eigenvalue weighted by atomic mass is 79.9. The van der Waals surface area contributed by atoms with Gasteiger partial charge in [0.2, 0.25) is 0 Å². The quantitative estimate of drug-likeness (QED) is 0.274. The Kier molecular flexibility index (Phi) is 3.78. The smallest absolute Gasteiger partial charge is 0.0260 e. The van der Waals surface area contributed by atoms with Crippen molar-refractivity contribution < 1.29 is 0 Å². The van der Waals surface area contributed by atoms with Crippen molar-refractivity contribution in [2.45, 2.75) is 6.54 Å². The van der Waals surface area contributed by atoms with E-state index in [2.05, 4.69) is 98.6 Å². The molecule has 0 aromatic heterocycles. The highest BCUT2D eigenvalue weighted by Gasteiger charge is 2.15. The van der Waals surface area contributed by atoms with Crippen molar-refractivity contribution >= 4 is 64.2 Å². The third-order valence-corrected chi connectivity index (χ3v) is 6.53. The summed E-state index contributed by atoms with van der Waals surface area (Å²) in [5.74, 6) is 0. The molecule has 0 aliphatic carbocycles. The van der Waals surface area contributed by atoms with Crippen LogP contribution >= 0.6 is 31.9 Å². The zero-order chi connectivity index (χ0) is 17.8. The molecule has 0 saturated carbocycles. The summed E-state index contributed by atoms with van der Waals surface area (Å²) in [5.41, 5.74) is 9.35. The zero-order valence-corrected chi connectivity index (χ0v) is 17.1. The Balaban J connectivity index is 1.94. The first-order valence-corrected chi connectivity index (χ1v) is 10.1. The minimum Gasteiger partial charge on any atom is -0.326 e. The maximum absolute atomic E-state index is 5.75. The third kappa shape index (κ3) is 2.31. The molecule has 1 nitrogen and oxygen atoms in total. The van der Waals surface area contributed by atoms with Gasteiger partial charge >= 0.3 is 0 Å². The maximum atomic E-state index is 5.75. The van der Waals surface area contributed by atoms with E-state index in [0.717, 1.165) is 14.5 Å². The summed E-state index contributed by atoms with van der Waals surface area (Å²) in [6.07, 6.45) is 0. The molecule has 0 heterocycles. The molecule has 5 aromatic rings. The first-order chi connectivity index (χ1) is 12.7. The first kappa shape index (κ1) is 16.2. The van der Waals surface area contributed by atoms with E-state index in [4.69, 9.17) is 5.73 Å². The van der Waals surface area contributed by atoms with E-state index in [1.54, 1.807) is 0 Å². The molecule has 0 spiro atoms. The van der Waals surface area contributed by atoms with Crippen LogP contribution in [0.3, 0.4) is 0 Å². The molecule has 0 saturated heterocycles. The number of benzene rings is 5. The highest BCUT2D eigenvalue weighted by Crippen LogP contribution is 2.43. The van der Waals surface area contributed by atoms with Crippen LogP contribution < -0.4 is 5.73 Å². The highest BCUT2D eigenvalue weighted by molar-refractivity contribution is 9.11. The van der Waals surface area contributed by atoms with Gasteiger partial charge in [0.1, 0.15) is 0 Å². The van der Waals surface area contributed by atoms with Crippen LogP contribution in [-0.2, 0) is 6.54 Å². The van der Waals surface area contributed by atoms with E-state index in [-0.39, 0.29) is 0 Å². The van der Waals surface area contributed by atoms with Crippen LogP contribution in [0, 0.1) is 0 Å². The van der Waals surface area contributed by atoms with Gasteiger partial charge in [0.15, 0.2) is 0 Å². The average Bonchev–Trinajstić information content (AvgIpc) is 2.68. The largest absolute Gasteiger partial charge is 0.326 e. The number of rotatable bonds is 2. The Morgan fingerprint density at radius 3 is 2.08 bits per heavy atom. The van der Waals surface area contributed by atoms with E-state index >= 15 is 0 Å². The second-order valence-corrected chi connectivity index (χ2v) is 8.31. The number of nitrogens with two attached hydrogens (primary N) is 1. The maximum Gasteiger partial charge on any atom is 0.0260 e. The predicted octanol–water partition coefficient (Wildman–Crippen LogP) is 7.23. The van der Waals surface area contributed by atoms with Crippen LogP contribution in [0.2, 0.25) is 0 Å². The van der Waals surface area contributed by atoms with Crippen molar-refractivity contribution in [2.24, 2.45) is 5.73 Å². The van der Waals surface area contributed by atoms with E-state index in [1.165, 1.54) is 43.4 Å². The first-order valence-electron chi connectivity index (χ1n) is 8.52. The van der Waals surface area contributed by atoms with Crippen molar-refractivity contribution in [3.05, 3.63) is 81.2 Å². The van der Waals surface area contributed by atoms with Crippen LogP contribution in [-0.4, -0.2) is 0 Å². The Hall–Kier alpha value is -1.94. The van der Waals surface area contributed by atoms with E-state index in [1.807, 2.05) is 0 Å². The van der Waals surface area contributed by atoms with Crippen molar-refractivity contribution in [1.29, 1.82) is 0 Å². The van der Waals surface area contributed by atoms with Gasteiger partial charge in [-0.25, -0.2) is 0 Å². The normalized spacial score (nSPS) is 11.8. The molecule has 0 bridgehead atoms. The number of hydrogen-bond donors (Lipinski definition) is 1. The fraction of sp³-hybridized carbons (Fsp3) is 0.0435. The Labute approximate surface area is 168 Å². The van der Waals surface area contributed by atoms with Crippen LogP contribution in [0.25, 0.3) is 43.4 Å². The molecule has 0 unspecified atom stereocenters. The number of hydrogen-bond acceptors (Lipinski definition) is 1. The van der Waals surface area contributed by atoms with Crippen molar-refractivity contribution in [3.8, 4) is 11.1 Å². The monoisotopic (exact) mass is 463 g/mol. The molecule has 5 aromatic carbocycles. The second kappa shape index (κ2) is 6.05. The summed E-state index contributed by atoms with van der Waals surface area (Å²) in [6.45, 7) is 0.566. The Bertz CT molecular complexity index is 1270. The Morgan fingerprint density at radius 1 is 0.654 bits per heavy atom. The number of halogens is 2. The summed E-state index contributed by atoms with van der Waals surface area (Å²) >= 11 is 7.52. The summed E-state index contributed by atoms with van der Waals surface area (Å²) in [7, 11) is 0. The molecular formula is C23H15Br2N.